The molecule has 2 aromatic rings. The molecule has 25 heavy (non-hydrogen) atoms. The molecule has 1 N–H and O–H groups in total. The van der Waals surface area contributed by atoms with E-state index in [9.17, 15) is 9.59 Å². The second-order valence-electron chi connectivity index (χ2n) is 5.43. The first kappa shape index (κ1) is 18.3. The summed E-state index contributed by atoms with van der Waals surface area (Å²) in [6.45, 7) is 1.93. The number of hydrogen-bond donors (Lipinski definition) is 1. The fraction of sp³-hybridized carbons (Fsp3) is 0.263. The molecule has 0 heterocycles. The van der Waals surface area contributed by atoms with Crippen molar-refractivity contribution in [3.63, 3.8) is 0 Å². The minimum absolute atomic E-state index is 0.156. The highest BCUT2D eigenvalue weighted by molar-refractivity contribution is 6.02. The van der Waals surface area contributed by atoms with Crippen molar-refractivity contribution in [1.29, 1.82) is 0 Å². The van der Waals surface area contributed by atoms with Crippen LogP contribution in [0.3, 0.4) is 0 Å². The van der Waals surface area contributed by atoms with E-state index in [-0.39, 0.29) is 17.9 Å². The lowest BCUT2D eigenvalue weighted by Crippen LogP contribution is -2.17. The Morgan fingerprint density at radius 2 is 1.76 bits per heavy atom. The van der Waals surface area contributed by atoms with Gasteiger partial charge in [0.05, 0.1) is 39.0 Å². The summed E-state index contributed by atoms with van der Waals surface area (Å²) in [7, 11) is 4.37. The topological polar surface area (TPSA) is 73.9 Å². The summed E-state index contributed by atoms with van der Waals surface area (Å²) >= 11 is 0. The standard InChI is InChI=1S/C19H21NO5/c1-12-5-6-13(9-17(12)24-3)10-18(21)20-16-8-7-14(23-2)11-15(16)19(22)25-4/h5-9,11H,10H2,1-4H3,(H,20,21). The molecule has 1 amide bonds. The summed E-state index contributed by atoms with van der Waals surface area (Å²) in [4.78, 5) is 24.3. The number of ether oxygens (including phenoxy) is 3. The average Bonchev–Trinajstić information content (AvgIpc) is 2.62. The van der Waals surface area contributed by atoms with Crippen LogP contribution in [0.1, 0.15) is 21.5 Å². The fourth-order valence-electron chi connectivity index (χ4n) is 2.39. The minimum atomic E-state index is -0.550. The molecule has 0 radical (unpaired) electrons. The maximum Gasteiger partial charge on any atom is 0.340 e. The Kier molecular flexibility index (Phi) is 6.00. The lowest BCUT2D eigenvalue weighted by atomic mass is 10.1. The van der Waals surface area contributed by atoms with Crippen molar-refractivity contribution in [3.8, 4) is 11.5 Å². The molecule has 0 aromatic heterocycles. The molecule has 0 bridgehead atoms. The van der Waals surface area contributed by atoms with Gasteiger partial charge in [0.15, 0.2) is 0 Å². The van der Waals surface area contributed by atoms with Gasteiger partial charge in [0, 0.05) is 0 Å². The SMILES string of the molecule is COC(=O)c1cc(OC)ccc1NC(=O)Cc1ccc(C)c(OC)c1. The van der Waals surface area contributed by atoms with Gasteiger partial charge in [0.2, 0.25) is 5.91 Å². The zero-order valence-corrected chi connectivity index (χ0v) is 14.7. The van der Waals surface area contributed by atoms with Crippen LogP contribution in [0.2, 0.25) is 0 Å². The number of carbonyl (C=O) groups is 2. The molecular weight excluding hydrogens is 322 g/mol. The van der Waals surface area contributed by atoms with Crippen LogP contribution in [-0.2, 0) is 16.0 Å². The molecular formula is C19H21NO5. The van der Waals surface area contributed by atoms with Gasteiger partial charge < -0.3 is 19.5 Å². The minimum Gasteiger partial charge on any atom is -0.497 e. The highest BCUT2D eigenvalue weighted by Crippen LogP contribution is 2.24. The molecule has 0 aliphatic heterocycles. The van der Waals surface area contributed by atoms with E-state index in [1.54, 1.807) is 19.2 Å². The van der Waals surface area contributed by atoms with Gasteiger partial charge in [-0.1, -0.05) is 12.1 Å². The lowest BCUT2D eigenvalue weighted by molar-refractivity contribution is -0.115. The van der Waals surface area contributed by atoms with Gasteiger partial charge >= 0.3 is 5.97 Å². The van der Waals surface area contributed by atoms with Gasteiger partial charge in [0.25, 0.3) is 0 Å². The molecule has 0 aliphatic carbocycles. The van der Waals surface area contributed by atoms with Crippen molar-refractivity contribution >= 4 is 17.6 Å². The summed E-state index contributed by atoms with van der Waals surface area (Å²) in [5.74, 6) is 0.430. The van der Waals surface area contributed by atoms with Gasteiger partial charge in [-0.3, -0.25) is 4.79 Å². The Labute approximate surface area is 146 Å². The van der Waals surface area contributed by atoms with Crippen LogP contribution in [0.25, 0.3) is 0 Å². The largest absolute Gasteiger partial charge is 0.497 e. The molecule has 0 fully saturated rings. The number of benzene rings is 2. The highest BCUT2D eigenvalue weighted by atomic mass is 16.5. The Balaban J connectivity index is 2.19. The Hall–Kier alpha value is -3.02. The first-order valence-electron chi connectivity index (χ1n) is 7.68. The number of anilines is 1. The molecule has 6 heteroatoms. The van der Waals surface area contributed by atoms with E-state index in [0.29, 0.717) is 11.4 Å². The molecule has 0 atom stereocenters. The van der Waals surface area contributed by atoms with Gasteiger partial charge in [-0.25, -0.2) is 4.79 Å². The summed E-state index contributed by atoms with van der Waals surface area (Å²) in [5.41, 5.74) is 2.41. The monoisotopic (exact) mass is 343 g/mol. The van der Waals surface area contributed by atoms with Crippen molar-refractivity contribution in [2.75, 3.05) is 26.6 Å². The third kappa shape index (κ3) is 4.50. The molecule has 2 aromatic carbocycles. The predicted molar refractivity (Wildman–Crippen MR) is 94.4 cm³/mol. The van der Waals surface area contributed by atoms with Gasteiger partial charge in [0.1, 0.15) is 11.5 Å². The summed E-state index contributed by atoms with van der Waals surface area (Å²) in [5, 5.41) is 2.74. The average molecular weight is 343 g/mol. The van der Waals surface area contributed by atoms with Crippen molar-refractivity contribution in [2.24, 2.45) is 0 Å². The maximum atomic E-state index is 12.3. The van der Waals surface area contributed by atoms with Gasteiger partial charge in [-0.15, -0.1) is 0 Å². The number of rotatable bonds is 6. The van der Waals surface area contributed by atoms with E-state index in [0.717, 1.165) is 16.9 Å². The second-order valence-corrected chi connectivity index (χ2v) is 5.43. The normalized spacial score (nSPS) is 10.1. The van der Waals surface area contributed by atoms with Crippen LogP contribution in [0.5, 0.6) is 11.5 Å². The zero-order valence-electron chi connectivity index (χ0n) is 14.7. The number of amides is 1. The molecule has 132 valence electrons. The third-order valence-corrected chi connectivity index (χ3v) is 3.74. The molecule has 0 aliphatic rings. The van der Waals surface area contributed by atoms with E-state index < -0.39 is 5.97 Å². The van der Waals surface area contributed by atoms with Crippen LogP contribution >= 0.6 is 0 Å². The molecule has 2 rings (SSSR count). The quantitative estimate of drug-likeness (QED) is 0.816. The number of hydrogen-bond acceptors (Lipinski definition) is 5. The smallest absolute Gasteiger partial charge is 0.340 e. The Bertz CT molecular complexity index is 785. The van der Waals surface area contributed by atoms with E-state index in [4.69, 9.17) is 14.2 Å². The van der Waals surface area contributed by atoms with Gasteiger partial charge in [-0.05, 0) is 42.3 Å². The molecule has 0 saturated heterocycles. The first-order chi connectivity index (χ1) is 12.0. The van der Waals surface area contributed by atoms with E-state index >= 15 is 0 Å². The Morgan fingerprint density at radius 3 is 2.40 bits per heavy atom. The molecule has 0 unspecified atom stereocenters. The number of carbonyl (C=O) groups excluding carboxylic acids is 2. The zero-order chi connectivity index (χ0) is 18.4. The van der Waals surface area contributed by atoms with Crippen LogP contribution in [0.4, 0.5) is 5.69 Å². The predicted octanol–water partition coefficient (Wildman–Crippen LogP) is 2.98. The Morgan fingerprint density at radius 1 is 1.00 bits per heavy atom. The maximum absolute atomic E-state index is 12.3. The van der Waals surface area contributed by atoms with E-state index in [1.165, 1.54) is 20.3 Å². The van der Waals surface area contributed by atoms with Crippen molar-refractivity contribution < 1.29 is 23.8 Å². The summed E-state index contributed by atoms with van der Waals surface area (Å²) in [6, 6.07) is 10.4. The summed E-state index contributed by atoms with van der Waals surface area (Å²) < 4.78 is 15.1. The summed E-state index contributed by atoms with van der Waals surface area (Å²) in [6.07, 6.45) is 0.156. The first-order valence-corrected chi connectivity index (χ1v) is 7.68. The highest BCUT2D eigenvalue weighted by Gasteiger charge is 2.16. The lowest BCUT2D eigenvalue weighted by Gasteiger charge is -2.12. The van der Waals surface area contributed by atoms with E-state index in [1.807, 2.05) is 25.1 Å². The third-order valence-electron chi connectivity index (χ3n) is 3.74. The van der Waals surface area contributed by atoms with Crippen molar-refractivity contribution in [3.05, 3.63) is 53.1 Å². The van der Waals surface area contributed by atoms with Gasteiger partial charge in [-0.2, -0.15) is 0 Å². The van der Waals surface area contributed by atoms with Crippen molar-refractivity contribution in [2.45, 2.75) is 13.3 Å². The fourth-order valence-corrected chi connectivity index (χ4v) is 2.39. The number of methoxy groups -OCH3 is 3. The van der Waals surface area contributed by atoms with Crippen LogP contribution in [0, 0.1) is 6.92 Å². The molecule has 0 saturated carbocycles. The number of nitrogens with one attached hydrogen (secondary N) is 1. The van der Waals surface area contributed by atoms with Crippen LogP contribution < -0.4 is 14.8 Å². The molecule has 0 spiro atoms. The second kappa shape index (κ2) is 8.19. The number of aryl methyl sites for hydroxylation is 1. The van der Waals surface area contributed by atoms with E-state index in [2.05, 4.69) is 5.32 Å². The molecule has 6 nitrogen and oxygen atoms in total. The van der Waals surface area contributed by atoms with Crippen LogP contribution in [0.15, 0.2) is 36.4 Å². The van der Waals surface area contributed by atoms with Crippen molar-refractivity contribution in [1.82, 2.24) is 0 Å². The number of esters is 1. The van der Waals surface area contributed by atoms with Crippen LogP contribution in [-0.4, -0.2) is 33.2 Å².